The number of aryl methyl sites for hydroxylation is 1. The molecular formula is C24H27ClF2N4OS. The van der Waals surface area contributed by atoms with E-state index in [2.05, 4.69) is 10.3 Å². The lowest BCUT2D eigenvalue weighted by atomic mass is 10.0. The Bertz CT molecular complexity index is 1190. The molecule has 2 aliphatic rings. The van der Waals surface area contributed by atoms with Crippen LogP contribution in [0.1, 0.15) is 40.2 Å². The number of carbonyl (C=O) groups excluding carboxylic acids is 1. The predicted molar refractivity (Wildman–Crippen MR) is 131 cm³/mol. The number of fused-ring (bicyclic) bond motifs is 2. The average molecular weight is 493 g/mol. The average Bonchev–Trinajstić information content (AvgIpc) is 3.44. The van der Waals surface area contributed by atoms with Crippen molar-refractivity contribution in [1.82, 2.24) is 10.3 Å². The summed E-state index contributed by atoms with van der Waals surface area (Å²) < 4.78 is 29.5. The molecule has 1 aromatic carbocycles. The highest BCUT2D eigenvalue weighted by Crippen LogP contribution is 2.40. The number of hydrogen-bond acceptors (Lipinski definition) is 5. The Morgan fingerprint density at radius 3 is 2.67 bits per heavy atom. The van der Waals surface area contributed by atoms with E-state index in [1.807, 2.05) is 24.0 Å². The molecule has 1 aliphatic heterocycles. The van der Waals surface area contributed by atoms with E-state index in [1.54, 1.807) is 0 Å². The topological polar surface area (TPSA) is 71.2 Å². The van der Waals surface area contributed by atoms with E-state index in [1.165, 1.54) is 42.7 Å². The van der Waals surface area contributed by atoms with E-state index in [9.17, 15) is 13.6 Å². The highest BCUT2D eigenvalue weighted by atomic mass is 35.5. The summed E-state index contributed by atoms with van der Waals surface area (Å²) in [5.74, 6) is 0.0431. The largest absolute Gasteiger partial charge is 0.397 e. The first-order valence-corrected chi connectivity index (χ1v) is 11.9. The Morgan fingerprint density at radius 2 is 1.94 bits per heavy atom. The van der Waals surface area contributed by atoms with Crippen LogP contribution in [-0.2, 0) is 6.42 Å². The summed E-state index contributed by atoms with van der Waals surface area (Å²) in [7, 11) is 0. The van der Waals surface area contributed by atoms with Crippen LogP contribution in [0.4, 0.5) is 20.2 Å². The number of benzene rings is 1. The van der Waals surface area contributed by atoms with Crippen LogP contribution in [0.25, 0.3) is 10.2 Å². The van der Waals surface area contributed by atoms with Crippen molar-refractivity contribution in [2.24, 2.45) is 11.8 Å². The van der Waals surface area contributed by atoms with Gasteiger partial charge in [0.25, 0.3) is 5.91 Å². The number of thiophene rings is 1. The van der Waals surface area contributed by atoms with Crippen LogP contribution in [0.5, 0.6) is 0 Å². The third kappa shape index (κ3) is 4.51. The van der Waals surface area contributed by atoms with Gasteiger partial charge in [0.2, 0.25) is 0 Å². The number of aromatic nitrogens is 1. The first kappa shape index (κ1) is 23.7. The second kappa shape index (κ2) is 9.43. The molecule has 5 rings (SSSR count). The number of rotatable bonds is 5. The molecule has 0 unspecified atom stereocenters. The maximum absolute atomic E-state index is 14.8. The molecule has 0 bridgehead atoms. The molecule has 176 valence electrons. The van der Waals surface area contributed by atoms with Crippen LogP contribution in [-0.4, -0.2) is 30.5 Å². The summed E-state index contributed by atoms with van der Waals surface area (Å²) in [6.07, 6.45) is 3.81. The Hall–Kier alpha value is -2.45. The molecule has 3 heterocycles. The second-order valence-corrected chi connectivity index (χ2v) is 9.91. The van der Waals surface area contributed by atoms with E-state index < -0.39 is 11.6 Å². The molecule has 5 nitrogen and oxygen atoms in total. The summed E-state index contributed by atoms with van der Waals surface area (Å²) in [5.41, 5.74) is 7.98. The summed E-state index contributed by atoms with van der Waals surface area (Å²) in [5, 5.41) is 3.52. The van der Waals surface area contributed by atoms with Crippen LogP contribution in [0.3, 0.4) is 0 Å². The third-order valence-corrected chi connectivity index (χ3v) is 7.92. The SMILES string of the molecule is Cc1ccc2c(N)c(C(=O)NCCc3cc(F)c(N4C[C@H]5CCC[C@H]5C4)cc3F)sc2n1.Cl. The molecule has 33 heavy (non-hydrogen) atoms. The molecule has 1 amide bonds. The van der Waals surface area contributed by atoms with E-state index in [0.29, 0.717) is 32.9 Å². The highest BCUT2D eigenvalue weighted by Gasteiger charge is 2.37. The van der Waals surface area contributed by atoms with Gasteiger partial charge in [0.1, 0.15) is 21.3 Å². The number of nitrogens with two attached hydrogens (primary N) is 1. The number of nitrogens with zero attached hydrogens (tertiary/aromatic N) is 2. The van der Waals surface area contributed by atoms with Gasteiger partial charge >= 0.3 is 0 Å². The van der Waals surface area contributed by atoms with E-state index in [0.717, 1.165) is 24.2 Å². The lowest BCUT2D eigenvalue weighted by molar-refractivity contribution is 0.0959. The third-order valence-electron chi connectivity index (χ3n) is 6.80. The molecule has 1 aliphatic carbocycles. The second-order valence-electron chi connectivity index (χ2n) is 8.91. The molecule has 2 aromatic heterocycles. The molecule has 2 atom stereocenters. The standard InChI is InChI=1S/C24H26F2N4OS.ClH/c1-13-5-6-17-21(27)22(32-24(17)29-13)23(31)28-8-7-14-9-19(26)20(10-18(14)25)30-11-15-3-2-4-16(15)12-30;/h5-6,9-10,15-16H,2-4,7-8,11-12,27H2,1H3,(H,28,31);1H/t15-,16+;. The number of amides is 1. The van der Waals surface area contributed by atoms with Crippen LogP contribution >= 0.6 is 23.7 Å². The number of pyridine rings is 1. The number of nitrogen functional groups attached to an aromatic ring is 1. The Labute approximate surface area is 201 Å². The number of carbonyl (C=O) groups is 1. The predicted octanol–water partition coefficient (Wildman–Crippen LogP) is 5.10. The fourth-order valence-corrected chi connectivity index (χ4v) is 6.15. The van der Waals surface area contributed by atoms with E-state index in [4.69, 9.17) is 5.73 Å². The molecule has 3 N–H and O–H groups in total. The first-order valence-electron chi connectivity index (χ1n) is 11.1. The van der Waals surface area contributed by atoms with Gasteiger partial charge in [-0.25, -0.2) is 13.8 Å². The number of anilines is 2. The lowest BCUT2D eigenvalue weighted by Crippen LogP contribution is -2.26. The smallest absolute Gasteiger partial charge is 0.263 e. The molecular weight excluding hydrogens is 466 g/mol. The minimum Gasteiger partial charge on any atom is -0.397 e. The molecule has 0 spiro atoms. The van der Waals surface area contributed by atoms with E-state index in [-0.39, 0.29) is 36.8 Å². The van der Waals surface area contributed by atoms with Crippen molar-refractivity contribution in [3.8, 4) is 0 Å². The van der Waals surface area contributed by atoms with Crippen molar-refractivity contribution in [3.05, 3.63) is 52.0 Å². The molecule has 0 radical (unpaired) electrons. The summed E-state index contributed by atoms with van der Waals surface area (Å²) in [6, 6.07) is 6.28. The Balaban J connectivity index is 0.00000259. The maximum Gasteiger partial charge on any atom is 0.263 e. The van der Waals surface area contributed by atoms with Crippen LogP contribution in [0.15, 0.2) is 24.3 Å². The van der Waals surface area contributed by atoms with Gasteiger partial charge in [-0.15, -0.1) is 23.7 Å². The number of hydrogen-bond donors (Lipinski definition) is 2. The Morgan fingerprint density at radius 1 is 1.21 bits per heavy atom. The quantitative estimate of drug-likeness (QED) is 0.520. The lowest BCUT2D eigenvalue weighted by Gasteiger charge is -2.21. The van der Waals surface area contributed by atoms with Gasteiger partial charge in [-0.1, -0.05) is 6.42 Å². The first-order chi connectivity index (χ1) is 15.4. The molecule has 1 saturated carbocycles. The van der Waals surface area contributed by atoms with Gasteiger partial charge in [-0.2, -0.15) is 0 Å². The van der Waals surface area contributed by atoms with Crippen molar-refractivity contribution >= 4 is 51.2 Å². The van der Waals surface area contributed by atoms with E-state index >= 15 is 0 Å². The van der Waals surface area contributed by atoms with Crippen LogP contribution < -0.4 is 16.0 Å². The van der Waals surface area contributed by atoms with Gasteiger partial charge < -0.3 is 16.0 Å². The zero-order chi connectivity index (χ0) is 22.4. The molecule has 1 saturated heterocycles. The molecule has 3 aromatic rings. The van der Waals surface area contributed by atoms with Crippen molar-refractivity contribution in [2.45, 2.75) is 32.6 Å². The monoisotopic (exact) mass is 492 g/mol. The van der Waals surface area contributed by atoms with Gasteiger partial charge in [0.05, 0.1) is 11.4 Å². The fraction of sp³-hybridized carbons (Fsp3) is 0.417. The van der Waals surface area contributed by atoms with Gasteiger partial charge in [0.15, 0.2) is 0 Å². The number of halogens is 3. The zero-order valence-corrected chi connectivity index (χ0v) is 20.0. The molecule has 2 fully saturated rings. The number of nitrogens with one attached hydrogen (secondary N) is 1. The molecule has 9 heteroatoms. The normalized spacial score (nSPS) is 19.5. The Kier molecular flexibility index (Phi) is 6.77. The van der Waals surface area contributed by atoms with Gasteiger partial charge in [-0.3, -0.25) is 4.79 Å². The van der Waals surface area contributed by atoms with Crippen molar-refractivity contribution in [1.29, 1.82) is 0 Å². The maximum atomic E-state index is 14.8. The summed E-state index contributed by atoms with van der Waals surface area (Å²) in [6.45, 7) is 3.68. The minimum absolute atomic E-state index is 0. The summed E-state index contributed by atoms with van der Waals surface area (Å²) in [4.78, 5) is 20.1. The summed E-state index contributed by atoms with van der Waals surface area (Å²) >= 11 is 1.23. The van der Waals surface area contributed by atoms with Crippen molar-refractivity contribution in [3.63, 3.8) is 0 Å². The van der Waals surface area contributed by atoms with Gasteiger partial charge in [-0.05, 0) is 61.8 Å². The highest BCUT2D eigenvalue weighted by molar-refractivity contribution is 7.21. The fourth-order valence-electron chi connectivity index (χ4n) is 5.09. The van der Waals surface area contributed by atoms with Crippen LogP contribution in [0, 0.1) is 30.4 Å². The van der Waals surface area contributed by atoms with Crippen LogP contribution in [0.2, 0.25) is 0 Å². The van der Waals surface area contributed by atoms with Crippen molar-refractivity contribution < 1.29 is 13.6 Å². The van der Waals surface area contributed by atoms with Gasteiger partial charge in [0, 0.05) is 36.8 Å². The zero-order valence-electron chi connectivity index (χ0n) is 18.4. The van der Waals surface area contributed by atoms with Crippen molar-refractivity contribution in [2.75, 3.05) is 30.3 Å². The minimum atomic E-state index is -0.436.